The van der Waals surface area contributed by atoms with Gasteiger partial charge in [-0.1, -0.05) is 226 Å². The maximum Gasteiger partial charge on any atom is 0.252 e. The zero-order chi connectivity index (χ0) is 60.7. The van der Waals surface area contributed by atoms with E-state index in [4.69, 9.17) is 8.83 Å². The van der Waals surface area contributed by atoms with Gasteiger partial charge in [-0.05, 0) is 168 Å². The smallest absolute Gasteiger partial charge is 0.252 e. The molecule has 432 valence electrons. The van der Waals surface area contributed by atoms with Crippen molar-refractivity contribution < 1.29 is 8.83 Å². The fraction of sp³-hybridized carbons (Fsp3) is 0.157. The van der Waals surface area contributed by atoms with Crippen molar-refractivity contribution >= 4 is 129 Å². The molecule has 2 aliphatic heterocycles. The molecule has 6 heteroatoms. The van der Waals surface area contributed by atoms with Gasteiger partial charge in [0.05, 0.1) is 5.69 Å². The first-order valence-electron chi connectivity index (χ1n) is 31.4. The highest BCUT2D eigenvalue weighted by Gasteiger charge is 2.46. The van der Waals surface area contributed by atoms with Gasteiger partial charge in [0.1, 0.15) is 16.7 Å². The average Bonchev–Trinajstić information content (AvgIpc) is 1.40. The molecule has 0 N–H and O–H groups in total. The number of furan rings is 2. The monoisotopic (exact) mass is 1150 g/mol. The van der Waals surface area contributed by atoms with Crippen molar-refractivity contribution in [1.82, 2.24) is 0 Å². The number of nitrogens with zero attached hydrogens (tertiary/aromatic N) is 3. The predicted octanol–water partition coefficient (Wildman–Crippen LogP) is 21.3. The molecule has 0 amide bonds. The Morgan fingerprint density at radius 3 is 1.53 bits per heavy atom. The number of rotatable bonds is 8. The molecule has 2 aromatic heterocycles. The molecule has 0 saturated carbocycles. The summed E-state index contributed by atoms with van der Waals surface area (Å²) < 4.78 is 13.8. The van der Waals surface area contributed by atoms with Crippen molar-refractivity contribution in [2.24, 2.45) is 0 Å². The standard InChI is InChI=1S/C83H70BN3O2/c1-81(2,3)57-29-35-60(36-30-57)85(63-42-46-76-68(50-63)66-24-16-17-25-74(66)88-76)64-41-44-69-71(51-64)86(61-37-31-58(32-38-61)82(4,5)6)72-48-56(77(53-20-11-10-12-21-53)55-28-27-52-19-13-14-22-54(52)47-55)49-73-78(72)84(69)70-45-43-67-65-23-15-18-26-75(65)89-80(67)79(70)87(73)62-39-33-59(34-40-62)83(7,8)9/h10-51,77H,1-9H3. The van der Waals surface area contributed by atoms with Crippen LogP contribution in [-0.4, -0.2) is 6.71 Å². The Balaban J connectivity index is 1.02. The summed E-state index contributed by atoms with van der Waals surface area (Å²) in [5.41, 5.74) is 24.2. The van der Waals surface area contributed by atoms with Crippen LogP contribution in [-0.2, 0) is 16.2 Å². The van der Waals surface area contributed by atoms with Crippen LogP contribution in [0.1, 0.15) is 102 Å². The van der Waals surface area contributed by atoms with Gasteiger partial charge >= 0.3 is 0 Å². The van der Waals surface area contributed by atoms with Crippen LogP contribution in [0.2, 0.25) is 0 Å². The van der Waals surface area contributed by atoms with Crippen LogP contribution in [0.5, 0.6) is 0 Å². The number of anilines is 9. The van der Waals surface area contributed by atoms with Crippen molar-refractivity contribution in [1.29, 1.82) is 0 Å². The van der Waals surface area contributed by atoms with E-state index in [1.165, 1.54) is 60.5 Å². The second-order valence-electron chi connectivity index (χ2n) is 27.8. The molecule has 5 nitrogen and oxygen atoms in total. The van der Waals surface area contributed by atoms with E-state index in [0.29, 0.717) is 0 Å². The van der Waals surface area contributed by atoms with Crippen molar-refractivity contribution in [2.45, 2.75) is 84.5 Å². The Bertz CT molecular complexity index is 5100. The normalized spacial score (nSPS) is 13.6. The molecule has 16 rings (SSSR count). The minimum Gasteiger partial charge on any atom is -0.456 e. The maximum absolute atomic E-state index is 7.27. The Labute approximate surface area is 522 Å². The summed E-state index contributed by atoms with van der Waals surface area (Å²) in [5.74, 6) is -0.146. The van der Waals surface area contributed by atoms with Gasteiger partial charge in [0, 0.05) is 73.0 Å². The van der Waals surface area contributed by atoms with Crippen LogP contribution in [0.4, 0.5) is 51.2 Å². The fourth-order valence-corrected chi connectivity index (χ4v) is 14.4. The third-order valence-electron chi connectivity index (χ3n) is 19.0. The topological polar surface area (TPSA) is 36.0 Å². The average molecular weight is 1150 g/mol. The minimum absolute atomic E-state index is 0.0263. The van der Waals surface area contributed by atoms with Crippen LogP contribution >= 0.6 is 0 Å². The summed E-state index contributed by atoms with van der Waals surface area (Å²) in [7, 11) is 0. The van der Waals surface area contributed by atoms with E-state index in [-0.39, 0.29) is 28.9 Å². The highest BCUT2D eigenvalue weighted by Crippen LogP contribution is 2.51. The fourth-order valence-electron chi connectivity index (χ4n) is 14.4. The molecule has 0 bridgehead atoms. The van der Waals surface area contributed by atoms with Gasteiger partial charge in [0.25, 0.3) is 6.71 Å². The number of fused-ring (bicyclic) bond motifs is 12. The second-order valence-corrected chi connectivity index (χ2v) is 27.8. The van der Waals surface area contributed by atoms with Gasteiger partial charge < -0.3 is 23.5 Å². The molecule has 0 saturated heterocycles. The van der Waals surface area contributed by atoms with Crippen molar-refractivity contribution in [3.05, 3.63) is 288 Å². The first-order chi connectivity index (χ1) is 43.0. The van der Waals surface area contributed by atoms with Gasteiger partial charge in [-0.2, -0.15) is 0 Å². The molecule has 0 radical (unpaired) electrons. The molecule has 0 aliphatic carbocycles. The summed E-state index contributed by atoms with van der Waals surface area (Å²) in [6.07, 6.45) is 0. The van der Waals surface area contributed by atoms with Crippen LogP contribution < -0.4 is 31.1 Å². The molecule has 0 spiro atoms. The molecule has 12 aromatic carbocycles. The van der Waals surface area contributed by atoms with Crippen molar-refractivity contribution in [2.75, 3.05) is 14.7 Å². The lowest BCUT2D eigenvalue weighted by atomic mass is 9.33. The van der Waals surface area contributed by atoms with Crippen LogP contribution in [0.15, 0.2) is 264 Å². The largest absolute Gasteiger partial charge is 0.456 e. The quantitative estimate of drug-likeness (QED) is 0.112. The van der Waals surface area contributed by atoms with E-state index in [2.05, 4.69) is 326 Å². The second kappa shape index (κ2) is 20.3. The van der Waals surface area contributed by atoms with Gasteiger partial charge in [-0.15, -0.1) is 0 Å². The lowest BCUT2D eigenvalue weighted by molar-refractivity contribution is 0.590. The minimum atomic E-state index is -0.204. The zero-order valence-electron chi connectivity index (χ0n) is 52.1. The Morgan fingerprint density at radius 2 is 0.865 bits per heavy atom. The summed E-state index contributed by atoms with van der Waals surface area (Å²) in [6.45, 7) is 20.4. The Hall–Kier alpha value is -10.0. The van der Waals surface area contributed by atoms with Gasteiger partial charge in [0.2, 0.25) is 0 Å². The third kappa shape index (κ3) is 9.05. The molecule has 0 fully saturated rings. The van der Waals surface area contributed by atoms with Crippen molar-refractivity contribution in [3.8, 4) is 0 Å². The first-order valence-corrected chi connectivity index (χ1v) is 31.4. The van der Waals surface area contributed by atoms with Crippen LogP contribution in [0, 0.1) is 0 Å². The Kier molecular flexibility index (Phi) is 12.4. The Morgan fingerprint density at radius 1 is 0.348 bits per heavy atom. The number of benzene rings is 12. The van der Waals surface area contributed by atoms with E-state index in [0.717, 1.165) is 95.1 Å². The number of para-hydroxylation sites is 2. The van der Waals surface area contributed by atoms with E-state index in [1.807, 2.05) is 6.07 Å². The van der Waals surface area contributed by atoms with E-state index >= 15 is 0 Å². The summed E-state index contributed by atoms with van der Waals surface area (Å²) in [6, 6.07) is 95.4. The molecule has 89 heavy (non-hydrogen) atoms. The third-order valence-corrected chi connectivity index (χ3v) is 19.0. The van der Waals surface area contributed by atoms with E-state index in [1.54, 1.807) is 0 Å². The number of hydrogen-bond donors (Lipinski definition) is 0. The summed E-state index contributed by atoms with van der Waals surface area (Å²) in [5, 5.41) is 6.80. The molecule has 2 aliphatic rings. The SMILES string of the molecule is CC(C)(C)c1ccc(N(c2ccc3c(c2)N(c2ccc(C(C)(C)C)cc2)c2cc(C(c4ccccc4)c4ccc5ccccc5c4)cc4c2B3c2ccc3c(oc5ccccc53)c2N4c2ccc(C(C)(C)C)cc2)c2ccc3oc4ccccc4c3c2)cc1. The molecule has 4 heterocycles. The van der Waals surface area contributed by atoms with Gasteiger partial charge in [-0.25, -0.2) is 0 Å². The molecular formula is C83H70BN3O2. The highest BCUT2D eigenvalue weighted by atomic mass is 16.3. The zero-order valence-corrected chi connectivity index (χ0v) is 52.1. The van der Waals surface area contributed by atoms with Gasteiger partial charge in [0.15, 0.2) is 5.58 Å². The van der Waals surface area contributed by atoms with E-state index in [9.17, 15) is 0 Å². The van der Waals surface area contributed by atoms with Crippen LogP contribution in [0.25, 0.3) is 54.6 Å². The lowest BCUT2D eigenvalue weighted by Crippen LogP contribution is -2.61. The highest BCUT2D eigenvalue weighted by molar-refractivity contribution is 7.00. The van der Waals surface area contributed by atoms with Crippen LogP contribution in [0.3, 0.4) is 0 Å². The molecular weight excluding hydrogens is 1080 g/mol. The van der Waals surface area contributed by atoms with Gasteiger partial charge in [-0.3, -0.25) is 0 Å². The molecule has 14 aromatic rings. The first kappa shape index (κ1) is 54.4. The summed E-state index contributed by atoms with van der Waals surface area (Å²) in [4.78, 5) is 7.57. The lowest BCUT2D eigenvalue weighted by Gasteiger charge is -2.45. The maximum atomic E-state index is 7.27. The van der Waals surface area contributed by atoms with Crippen molar-refractivity contribution in [3.63, 3.8) is 0 Å². The van der Waals surface area contributed by atoms with E-state index < -0.39 is 0 Å². The number of hydrogen-bond acceptors (Lipinski definition) is 5. The molecule has 1 atom stereocenters. The molecule has 1 unspecified atom stereocenters. The predicted molar refractivity (Wildman–Crippen MR) is 377 cm³/mol. The summed E-state index contributed by atoms with van der Waals surface area (Å²) >= 11 is 0.